The molecule has 0 saturated carbocycles. The molecule has 0 spiro atoms. The van der Waals surface area contributed by atoms with Crippen LogP contribution in [-0.4, -0.2) is 50.5 Å². The zero-order valence-electron chi connectivity index (χ0n) is 24.0. The minimum absolute atomic E-state index is 0.0219. The molecule has 220 valence electrons. The fourth-order valence-corrected chi connectivity index (χ4v) is 5.82. The highest BCUT2D eigenvalue weighted by Gasteiger charge is 2.33. The summed E-state index contributed by atoms with van der Waals surface area (Å²) in [5.41, 5.74) is 3.54. The molecule has 7 nitrogen and oxygen atoms in total. The molecule has 3 aromatic carbocycles. The predicted molar refractivity (Wildman–Crippen MR) is 167 cm³/mol. The van der Waals surface area contributed by atoms with Crippen molar-refractivity contribution < 1.29 is 18.0 Å². The molecule has 1 N–H and O–H groups in total. The summed E-state index contributed by atoms with van der Waals surface area (Å²) in [4.78, 5) is 29.3. The number of anilines is 1. The van der Waals surface area contributed by atoms with Gasteiger partial charge in [0.25, 0.3) is 0 Å². The summed E-state index contributed by atoms with van der Waals surface area (Å²) in [7, 11) is -3.85. The number of benzene rings is 3. The van der Waals surface area contributed by atoms with Gasteiger partial charge in [-0.25, -0.2) is 8.42 Å². The van der Waals surface area contributed by atoms with E-state index in [4.69, 9.17) is 23.2 Å². The Labute approximate surface area is 253 Å². The first-order chi connectivity index (χ1) is 19.2. The van der Waals surface area contributed by atoms with Gasteiger partial charge in [0.15, 0.2) is 0 Å². The molecule has 0 aromatic heterocycles. The summed E-state index contributed by atoms with van der Waals surface area (Å²) in [6, 6.07) is 18.8. The second-order valence-electron chi connectivity index (χ2n) is 10.7. The molecule has 0 fully saturated rings. The van der Waals surface area contributed by atoms with Crippen LogP contribution in [0.15, 0.2) is 66.7 Å². The van der Waals surface area contributed by atoms with Gasteiger partial charge < -0.3 is 10.2 Å². The summed E-state index contributed by atoms with van der Waals surface area (Å²) in [6.45, 7) is 7.60. The van der Waals surface area contributed by atoms with Gasteiger partial charge in [-0.2, -0.15) is 0 Å². The van der Waals surface area contributed by atoms with Crippen molar-refractivity contribution in [3.05, 3.63) is 99.0 Å². The number of hydrogen-bond acceptors (Lipinski definition) is 4. The topological polar surface area (TPSA) is 86.8 Å². The number of halogens is 2. The minimum atomic E-state index is -3.85. The highest BCUT2D eigenvalue weighted by molar-refractivity contribution is 7.92. The van der Waals surface area contributed by atoms with Crippen molar-refractivity contribution in [2.75, 3.05) is 23.7 Å². The Morgan fingerprint density at radius 1 is 0.927 bits per heavy atom. The Morgan fingerprint density at radius 3 is 2.12 bits per heavy atom. The largest absolute Gasteiger partial charge is 0.354 e. The van der Waals surface area contributed by atoms with E-state index in [-0.39, 0.29) is 24.8 Å². The van der Waals surface area contributed by atoms with Crippen LogP contribution in [0.3, 0.4) is 0 Å². The average molecular weight is 619 g/mol. The van der Waals surface area contributed by atoms with E-state index in [1.807, 2.05) is 64.1 Å². The Bertz CT molecular complexity index is 1460. The van der Waals surface area contributed by atoms with E-state index in [0.717, 1.165) is 27.3 Å². The molecule has 3 aromatic rings. The maximum Gasteiger partial charge on any atom is 0.244 e. The molecule has 0 bridgehead atoms. The molecular formula is C31H37Cl2N3O4S. The number of hydrogen-bond donors (Lipinski definition) is 1. The molecule has 0 unspecified atom stereocenters. The Morgan fingerprint density at radius 2 is 1.56 bits per heavy atom. The van der Waals surface area contributed by atoms with Crippen molar-refractivity contribution in [3.63, 3.8) is 0 Å². The molecule has 0 radical (unpaired) electrons. The molecule has 3 rings (SSSR count). The number of carbonyl (C=O) groups is 2. The molecule has 10 heteroatoms. The second-order valence-corrected chi connectivity index (χ2v) is 13.5. The smallest absolute Gasteiger partial charge is 0.244 e. The number of nitrogens with zero attached hydrogens (tertiary/aromatic N) is 2. The van der Waals surface area contributed by atoms with E-state index in [0.29, 0.717) is 27.8 Å². The molecule has 0 saturated heterocycles. The molecule has 0 aliphatic heterocycles. The fourth-order valence-electron chi connectivity index (χ4n) is 4.52. The van der Waals surface area contributed by atoms with Gasteiger partial charge in [0.1, 0.15) is 12.6 Å². The van der Waals surface area contributed by atoms with E-state index < -0.39 is 28.5 Å². The van der Waals surface area contributed by atoms with Crippen molar-refractivity contribution in [1.29, 1.82) is 0 Å². The van der Waals surface area contributed by atoms with Gasteiger partial charge >= 0.3 is 0 Å². The molecule has 41 heavy (non-hydrogen) atoms. The monoisotopic (exact) mass is 617 g/mol. The molecule has 0 aliphatic rings. The lowest BCUT2D eigenvalue weighted by atomic mass is 10.0. The summed E-state index contributed by atoms with van der Waals surface area (Å²) in [5.74, 6) is -0.684. The maximum absolute atomic E-state index is 14.2. The number of amides is 2. The van der Waals surface area contributed by atoms with E-state index in [2.05, 4.69) is 5.32 Å². The van der Waals surface area contributed by atoms with Crippen molar-refractivity contribution in [2.24, 2.45) is 5.92 Å². The van der Waals surface area contributed by atoms with Gasteiger partial charge in [-0.15, -0.1) is 0 Å². The normalized spacial score (nSPS) is 12.2. The molecule has 2 amide bonds. The van der Waals surface area contributed by atoms with Crippen molar-refractivity contribution >= 4 is 50.7 Å². The molecular weight excluding hydrogens is 581 g/mol. The van der Waals surface area contributed by atoms with Crippen LogP contribution in [-0.2, 0) is 32.6 Å². The first kappa shape index (κ1) is 32.4. The standard InChI is InChI=1S/C31H37Cl2N3O4S/c1-21(2)18-34-31(38)29(16-24-9-7-6-8-10-24)35(19-25-11-12-26(32)17-28(25)33)30(37)20-36(41(5,39)40)27-14-22(3)13-23(4)15-27/h6-15,17,21,29H,16,18-20H2,1-5H3,(H,34,38)/t29-/m0/s1. The van der Waals surface area contributed by atoms with Crippen LogP contribution in [0.5, 0.6) is 0 Å². The molecule has 0 heterocycles. The highest BCUT2D eigenvalue weighted by atomic mass is 35.5. The Hall–Kier alpha value is -3.07. The van der Waals surface area contributed by atoms with Crippen LogP contribution in [0.25, 0.3) is 0 Å². The highest BCUT2D eigenvalue weighted by Crippen LogP contribution is 2.26. The van der Waals surface area contributed by atoms with Crippen LogP contribution in [0.2, 0.25) is 10.0 Å². The van der Waals surface area contributed by atoms with E-state index >= 15 is 0 Å². The molecule has 0 aliphatic carbocycles. The van der Waals surface area contributed by atoms with E-state index in [1.165, 1.54) is 4.90 Å². The van der Waals surface area contributed by atoms with Crippen molar-refractivity contribution in [3.8, 4) is 0 Å². The lowest BCUT2D eigenvalue weighted by Gasteiger charge is -2.34. The van der Waals surface area contributed by atoms with E-state index in [9.17, 15) is 18.0 Å². The maximum atomic E-state index is 14.2. The third kappa shape index (κ3) is 9.48. The van der Waals surface area contributed by atoms with Gasteiger partial charge in [-0.3, -0.25) is 13.9 Å². The number of rotatable bonds is 12. The SMILES string of the molecule is Cc1cc(C)cc(N(CC(=O)N(Cc2ccc(Cl)cc2Cl)[C@@H](Cc2ccccc2)C(=O)NCC(C)C)S(C)(=O)=O)c1. The van der Waals surface area contributed by atoms with Crippen molar-refractivity contribution in [1.82, 2.24) is 10.2 Å². The second kappa shape index (κ2) is 14.2. The predicted octanol–water partition coefficient (Wildman–Crippen LogP) is 5.79. The average Bonchev–Trinajstić information content (AvgIpc) is 2.88. The lowest BCUT2D eigenvalue weighted by Crippen LogP contribution is -2.53. The quantitative estimate of drug-likeness (QED) is 0.279. The summed E-state index contributed by atoms with van der Waals surface area (Å²) in [6.07, 6.45) is 1.29. The first-order valence-electron chi connectivity index (χ1n) is 13.4. The summed E-state index contributed by atoms with van der Waals surface area (Å²) in [5, 5.41) is 3.73. The Balaban J connectivity index is 2.09. The van der Waals surface area contributed by atoms with Crippen LogP contribution in [0, 0.1) is 19.8 Å². The van der Waals surface area contributed by atoms with Crippen molar-refractivity contribution in [2.45, 2.75) is 46.7 Å². The summed E-state index contributed by atoms with van der Waals surface area (Å²) < 4.78 is 27.0. The zero-order valence-corrected chi connectivity index (χ0v) is 26.4. The first-order valence-corrected chi connectivity index (χ1v) is 16.0. The Kier molecular flexibility index (Phi) is 11.2. The third-order valence-electron chi connectivity index (χ3n) is 6.49. The van der Waals surface area contributed by atoms with E-state index in [1.54, 1.807) is 30.3 Å². The molecule has 1 atom stereocenters. The van der Waals surface area contributed by atoms with Crippen LogP contribution in [0.4, 0.5) is 5.69 Å². The van der Waals surface area contributed by atoms with Crippen LogP contribution < -0.4 is 9.62 Å². The number of carbonyl (C=O) groups excluding carboxylic acids is 2. The number of aryl methyl sites for hydroxylation is 2. The van der Waals surface area contributed by atoms with Gasteiger partial charge in [0.05, 0.1) is 11.9 Å². The third-order valence-corrected chi connectivity index (χ3v) is 8.21. The summed E-state index contributed by atoms with van der Waals surface area (Å²) >= 11 is 12.6. The van der Waals surface area contributed by atoms with Gasteiger partial charge in [0, 0.05) is 29.6 Å². The van der Waals surface area contributed by atoms with Gasteiger partial charge in [-0.05, 0) is 66.3 Å². The zero-order chi connectivity index (χ0) is 30.3. The minimum Gasteiger partial charge on any atom is -0.354 e. The fraction of sp³-hybridized carbons (Fsp3) is 0.355. The lowest BCUT2D eigenvalue weighted by molar-refractivity contribution is -0.140. The van der Waals surface area contributed by atoms with Gasteiger partial charge in [0.2, 0.25) is 21.8 Å². The number of nitrogens with one attached hydrogen (secondary N) is 1. The van der Waals surface area contributed by atoms with Gasteiger partial charge in [-0.1, -0.05) is 79.5 Å². The van der Waals surface area contributed by atoms with Crippen LogP contribution >= 0.6 is 23.2 Å². The number of sulfonamides is 1. The van der Waals surface area contributed by atoms with Crippen LogP contribution in [0.1, 0.15) is 36.1 Å².